The second-order valence-electron chi connectivity index (χ2n) is 5.19. The number of nitrogens with one attached hydrogen (secondary N) is 1. The van der Waals surface area contributed by atoms with Crippen LogP contribution in [-0.2, 0) is 10.5 Å². The lowest BCUT2D eigenvalue weighted by atomic mass is 10.2. The maximum absolute atomic E-state index is 12.2. The number of amides is 1. The molecule has 0 atom stereocenters. The number of thioether (sulfide) groups is 1. The van der Waals surface area contributed by atoms with Crippen molar-refractivity contribution in [2.45, 2.75) is 19.6 Å². The largest absolute Gasteiger partial charge is 0.494 e. The maximum atomic E-state index is 12.2. The fourth-order valence-electron chi connectivity index (χ4n) is 2.17. The minimum atomic E-state index is -0.0754. The zero-order valence-electron chi connectivity index (χ0n) is 14.4. The van der Waals surface area contributed by atoms with E-state index in [1.165, 1.54) is 0 Å². The first-order valence-corrected chi connectivity index (χ1v) is 9.67. The van der Waals surface area contributed by atoms with Gasteiger partial charge in [0.05, 0.1) is 24.7 Å². The first-order chi connectivity index (χ1) is 12.1. The van der Waals surface area contributed by atoms with Crippen molar-refractivity contribution >= 4 is 35.0 Å². The van der Waals surface area contributed by atoms with Crippen molar-refractivity contribution in [3.05, 3.63) is 53.1 Å². The molecule has 0 aliphatic carbocycles. The standard InChI is InChI=1S/C19H22ClNO3S/c1-3-23-16-9-10-18(24-4-2)17(11-16)21-19(22)13-25-12-14-5-7-15(20)8-6-14/h5-11H,3-4,12-13H2,1-2H3,(H,21,22). The molecule has 0 saturated heterocycles. The highest BCUT2D eigenvalue weighted by atomic mass is 35.5. The van der Waals surface area contributed by atoms with Gasteiger partial charge in [-0.15, -0.1) is 11.8 Å². The van der Waals surface area contributed by atoms with E-state index in [4.69, 9.17) is 21.1 Å². The molecule has 0 aliphatic heterocycles. The minimum absolute atomic E-state index is 0.0754. The van der Waals surface area contributed by atoms with Crippen molar-refractivity contribution in [2.75, 3.05) is 24.3 Å². The van der Waals surface area contributed by atoms with E-state index in [-0.39, 0.29) is 5.91 Å². The smallest absolute Gasteiger partial charge is 0.234 e. The van der Waals surface area contributed by atoms with Crippen molar-refractivity contribution < 1.29 is 14.3 Å². The molecule has 0 saturated carbocycles. The Balaban J connectivity index is 1.91. The lowest BCUT2D eigenvalue weighted by Crippen LogP contribution is -2.15. The number of rotatable bonds is 9. The average Bonchev–Trinajstić information content (AvgIpc) is 2.59. The monoisotopic (exact) mass is 379 g/mol. The van der Waals surface area contributed by atoms with Gasteiger partial charge in [-0.2, -0.15) is 0 Å². The third-order valence-electron chi connectivity index (χ3n) is 3.25. The van der Waals surface area contributed by atoms with Crippen molar-refractivity contribution in [3.8, 4) is 11.5 Å². The zero-order chi connectivity index (χ0) is 18.1. The molecule has 134 valence electrons. The second-order valence-corrected chi connectivity index (χ2v) is 6.61. The van der Waals surface area contributed by atoms with Gasteiger partial charge in [0, 0.05) is 16.8 Å². The molecule has 6 heteroatoms. The summed E-state index contributed by atoms with van der Waals surface area (Å²) in [5, 5.41) is 3.62. The Hall–Kier alpha value is -1.85. The summed E-state index contributed by atoms with van der Waals surface area (Å²) in [6, 6.07) is 13.1. The van der Waals surface area contributed by atoms with Crippen LogP contribution in [0.25, 0.3) is 0 Å². The molecule has 0 bridgehead atoms. The fraction of sp³-hybridized carbons (Fsp3) is 0.316. The number of halogens is 1. The fourth-order valence-corrected chi connectivity index (χ4v) is 3.09. The van der Waals surface area contributed by atoms with E-state index in [9.17, 15) is 4.79 Å². The summed E-state index contributed by atoms with van der Waals surface area (Å²) in [6.45, 7) is 4.92. The Kier molecular flexibility index (Phi) is 7.95. The van der Waals surface area contributed by atoms with E-state index >= 15 is 0 Å². The minimum Gasteiger partial charge on any atom is -0.494 e. The quantitative estimate of drug-likeness (QED) is 0.665. The number of hydrogen-bond donors (Lipinski definition) is 1. The third kappa shape index (κ3) is 6.52. The van der Waals surface area contributed by atoms with E-state index in [2.05, 4.69) is 5.32 Å². The molecule has 0 aliphatic rings. The molecule has 25 heavy (non-hydrogen) atoms. The van der Waals surface area contributed by atoms with E-state index in [0.29, 0.717) is 41.2 Å². The molecule has 0 fully saturated rings. The number of benzene rings is 2. The molecule has 0 radical (unpaired) electrons. The molecule has 0 unspecified atom stereocenters. The molecule has 0 aromatic heterocycles. The SMILES string of the molecule is CCOc1ccc(OCC)c(NC(=O)CSCc2ccc(Cl)cc2)c1. The molecule has 0 spiro atoms. The first-order valence-electron chi connectivity index (χ1n) is 8.14. The van der Waals surface area contributed by atoms with Crippen LogP contribution in [0.2, 0.25) is 5.02 Å². The lowest BCUT2D eigenvalue weighted by Gasteiger charge is -2.13. The number of anilines is 1. The van der Waals surface area contributed by atoms with Crippen LogP contribution in [0.5, 0.6) is 11.5 Å². The van der Waals surface area contributed by atoms with Crippen LogP contribution in [-0.4, -0.2) is 24.9 Å². The van der Waals surface area contributed by atoms with Gasteiger partial charge in [-0.3, -0.25) is 4.79 Å². The highest BCUT2D eigenvalue weighted by molar-refractivity contribution is 7.99. The molecule has 4 nitrogen and oxygen atoms in total. The normalized spacial score (nSPS) is 10.4. The first kappa shape index (κ1) is 19.5. The molecule has 2 rings (SSSR count). The number of hydrogen-bond acceptors (Lipinski definition) is 4. The molecule has 1 amide bonds. The summed E-state index contributed by atoms with van der Waals surface area (Å²) in [7, 11) is 0. The highest BCUT2D eigenvalue weighted by Gasteiger charge is 2.10. The Morgan fingerprint density at radius 3 is 2.48 bits per heavy atom. The lowest BCUT2D eigenvalue weighted by molar-refractivity contribution is -0.113. The van der Waals surface area contributed by atoms with Crippen LogP contribution in [0.1, 0.15) is 19.4 Å². The summed E-state index contributed by atoms with van der Waals surface area (Å²) in [4.78, 5) is 12.2. The van der Waals surface area contributed by atoms with Gasteiger partial charge in [0.25, 0.3) is 0 Å². The Bertz CT molecular complexity index is 692. The van der Waals surface area contributed by atoms with Crippen LogP contribution in [0, 0.1) is 0 Å². The number of carbonyl (C=O) groups is 1. The summed E-state index contributed by atoms with van der Waals surface area (Å²) >= 11 is 7.42. The van der Waals surface area contributed by atoms with Gasteiger partial charge in [-0.1, -0.05) is 23.7 Å². The molecular formula is C19H22ClNO3S. The van der Waals surface area contributed by atoms with Gasteiger partial charge in [0.1, 0.15) is 11.5 Å². The van der Waals surface area contributed by atoms with Crippen molar-refractivity contribution in [2.24, 2.45) is 0 Å². The van der Waals surface area contributed by atoms with Crippen molar-refractivity contribution in [3.63, 3.8) is 0 Å². The highest BCUT2D eigenvalue weighted by Crippen LogP contribution is 2.29. The molecule has 1 N–H and O–H groups in total. The van der Waals surface area contributed by atoms with Crippen LogP contribution >= 0.6 is 23.4 Å². The van der Waals surface area contributed by atoms with Gasteiger partial charge in [0.15, 0.2) is 0 Å². The van der Waals surface area contributed by atoms with Gasteiger partial charge in [-0.25, -0.2) is 0 Å². The Morgan fingerprint density at radius 2 is 1.80 bits per heavy atom. The molecule has 2 aromatic rings. The van der Waals surface area contributed by atoms with E-state index in [0.717, 1.165) is 11.3 Å². The summed E-state index contributed by atoms with van der Waals surface area (Å²) in [6.07, 6.45) is 0. The topological polar surface area (TPSA) is 47.6 Å². The summed E-state index contributed by atoms with van der Waals surface area (Å²) in [5.41, 5.74) is 1.76. The van der Waals surface area contributed by atoms with Crippen LogP contribution in [0.15, 0.2) is 42.5 Å². The van der Waals surface area contributed by atoms with Crippen molar-refractivity contribution in [1.29, 1.82) is 0 Å². The molecule has 0 heterocycles. The number of ether oxygens (including phenoxy) is 2. The van der Waals surface area contributed by atoms with Crippen LogP contribution in [0.3, 0.4) is 0 Å². The van der Waals surface area contributed by atoms with Gasteiger partial charge >= 0.3 is 0 Å². The predicted molar refractivity (Wildman–Crippen MR) is 105 cm³/mol. The van der Waals surface area contributed by atoms with Crippen molar-refractivity contribution in [1.82, 2.24) is 0 Å². The Labute approximate surface area is 157 Å². The van der Waals surface area contributed by atoms with Gasteiger partial charge < -0.3 is 14.8 Å². The zero-order valence-corrected chi connectivity index (χ0v) is 16.0. The van der Waals surface area contributed by atoms with Crippen LogP contribution < -0.4 is 14.8 Å². The third-order valence-corrected chi connectivity index (χ3v) is 4.51. The van der Waals surface area contributed by atoms with E-state index in [1.807, 2.05) is 50.2 Å². The van der Waals surface area contributed by atoms with Gasteiger partial charge in [0.2, 0.25) is 5.91 Å². The Morgan fingerprint density at radius 1 is 1.08 bits per heavy atom. The predicted octanol–water partition coefficient (Wildman–Crippen LogP) is 5.01. The second kappa shape index (κ2) is 10.2. The molecular weight excluding hydrogens is 358 g/mol. The average molecular weight is 380 g/mol. The molecule has 2 aromatic carbocycles. The number of carbonyl (C=O) groups excluding carboxylic acids is 1. The van der Waals surface area contributed by atoms with E-state index < -0.39 is 0 Å². The summed E-state index contributed by atoms with van der Waals surface area (Å²) < 4.78 is 11.1. The van der Waals surface area contributed by atoms with E-state index in [1.54, 1.807) is 17.8 Å². The van der Waals surface area contributed by atoms with Crippen LogP contribution in [0.4, 0.5) is 5.69 Å². The summed E-state index contributed by atoms with van der Waals surface area (Å²) in [5.74, 6) is 2.38. The van der Waals surface area contributed by atoms with Gasteiger partial charge in [-0.05, 0) is 43.7 Å². The maximum Gasteiger partial charge on any atom is 0.234 e.